The van der Waals surface area contributed by atoms with Crippen molar-refractivity contribution in [3.63, 3.8) is 0 Å². The maximum Gasteiger partial charge on any atom is 0.315 e. The molecule has 2 aromatic rings. The minimum absolute atomic E-state index is 0.0850. The second-order valence-electron chi connectivity index (χ2n) is 5.02. The van der Waals surface area contributed by atoms with Crippen LogP contribution >= 0.6 is 0 Å². The first-order valence-corrected chi connectivity index (χ1v) is 7.04. The number of benzene rings is 2. The first-order chi connectivity index (χ1) is 10.6. The highest BCUT2D eigenvalue weighted by Gasteiger charge is 2.09. The van der Waals surface area contributed by atoms with Gasteiger partial charge in [-0.15, -0.1) is 0 Å². The Bertz CT molecular complexity index is 656. The quantitative estimate of drug-likeness (QED) is 0.791. The molecule has 114 valence electrons. The monoisotopic (exact) mass is 297 g/mol. The number of hydrogen-bond donors (Lipinski definition) is 3. The van der Waals surface area contributed by atoms with Crippen molar-refractivity contribution in [2.24, 2.45) is 5.73 Å². The van der Waals surface area contributed by atoms with E-state index in [9.17, 15) is 9.59 Å². The van der Waals surface area contributed by atoms with E-state index in [1.54, 1.807) is 18.2 Å². The summed E-state index contributed by atoms with van der Waals surface area (Å²) in [6.45, 7) is 2.25. The molecule has 0 unspecified atom stereocenters. The van der Waals surface area contributed by atoms with Crippen molar-refractivity contribution in [1.29, 1.82) is 0 Å². The number of amides is 3. The van der Waals surface area contributed by atoms with Crippen molar-refractivity contribution in [2.75, 3.05) is 0 Å². The van der Waals surface area contributed by atoms with Crippen molar-refractivity contribution < 1.29 is 9.59 Å². The van der Waals surface area contributed by atoms with Gasteiger partial charge in [0.1, 0.15) is 0 Å². The predicted octanol–water partition coefficient (Wildman–Crippen LogP) is 2.35. The molecular weight excluding hydrogens is 278 g/mol. The van der Waals surface area contributed by atoms with Crippen LogP contribution in [0.4, 0.5) is 4.79 Å². The van der Waals surface area contributed by atoms with Crippen LogP contribution in [0.2, 0.25) is 0 Å². The molecule has 4 N–H and O–H groups in total. The SMILES string of the molecule is C[C@H](NC(=O)NCc1cccc(C(N)=O)c1)c1ccccc1. The molecule has 2 rings (SSSR count). The molecule has 5 heteroatoms. The molecular formula is C17H19N3O2. The fraction of sp³-hybridized carbons (Fsp3) is 0.176. The smallest absolute Gasteiger partial charge is 0.315 e. The van der Waals surface area contributed by atoms with E-state index in [1.807, 2.05) is 43.3 Å². The van der Waals surface area contributed by atoms with Crippen LogP contribution in [0.5, 0.6) is 0 Å². The van der Waals surface area contributed by atoms with Crippen LogP contribution in [0.3, 0.4) is 0 Å². The Labute approximate surface area is 129 Å². The van der Waals surface area contributed by atoms with Crippen molar-refractivity contribution in [3.05, 3.63) is 71.3 Å². The molecule has 2 aromatic carbocycles. The molecule has 0 aliphatic carbocycles. The molecule has 0 fully saturated rings. The highest BCUT2D eigenvalue weighted by atomic mass is 16.2. The van der Waals surface area contributed by atoms with Crippen LogP contribution in [0.15, 0.2) is 54.6 Å². The molecule has 0 bridgehead atoms. The maximum atomic E-state index is 11.9. The fourth-order valence-corrected chi connectivity index (χ4v) is 2.09. The van der Waals surface area contributed by atoms with Gasteiger partial charge in [-0.2, -0.15) is 0 Å². The molecule has 0 radical (unpaired) electrons. The number of primary amides is 1. The van der Waals surface area contributed by atoms with Crippen molar-refractivity contribution >= 4 is 11.9 Å². The summed E-state index contributed by atoms with van der Waals surface area (Å²) in [6, 6.07) is 16.2. The third-order valence-corrected chi connectivity index (χ3v) is 3.31. The Hall–Kier alpha value is -2.82. The normalized spacial score (nSPS) is 11.5. The number of nitrogens with two attached hydrogens (primary N) is 1. The summed E-state index contributed by atoms with van der Waals surface area (Å²) >= 11 is 0. The predicted molar refractivity (Wildman–Crippen MR) is 85.2 cm³/mol. The van der Waals surface area contributed by atoms with E-state index in [0.29, 0.717) is 12.1 Å². The van der Waals surface area contributed by atoms with Crippen LogP contribution in [-0.2, 0) is 6.54 Å². The average molecular weight is 297 g/mol. The summed E-state index contributed by atoms with van der Waals surface area (Å²) in [5.74, 6) is -0.482. The van der Waals surface area contributed by atoms with Crippen molar-refractivity contribution in [3.8, 4) is 0 Å². The van der Waals surface area contributed by atoms with Crippen LogP contribution in [0.25, 0.3) is 0 Å². The molecule has 0 heterocycles. The Balaban J connectivity index is 1.88. The Morgan fingerprint density at radius 2 is 1.82 bits per heavy atom. The van der Waals surface area contributed by atoms with Gasteiger partial charge in [0.2, 0.25) is 5.91 Å². The van der Waals surface area contributed by atoms with E-state index >= 15 is 0 Å². The average Bonchev–Trinajstić information content (AvgIpc) is 2.54. The van der Waals surface area contributed by atoms with E-state index in [1.165, 1.54) is 0 Å². The summed E-state index contributed by atoms with van der Waals surface area (Å²) < 4.78 is 0. The van der Waals surface area contributed by atoms with Gasteiger partial charge in [-0.3, -0.25) is 4.79 Å². The Kier molecular flexibility index (Phi) is 5.14. The highest BCUT2D eigenvalue weighted by Crippen LogP contribution is 2.10. The van der Waals surface area contributed by atoms with Gasteiger partial charge >= 0.3 is 6.03 Å². The largest absolute Gasteiger partial charge is 0.366 e. The van der Waals surface area contributed by atoms with E-state index < -0.39 is 5.91 Å². The second-order valence-corrected chi connectivity index (χ2v) is 5.02. The lowest BCUT2D eigenvalue weighted by Crippen LogP contribution is -2.36. The maximum absolute atomic E-state index is 11.9. The molecule has 1 atom stereocenters. The summed E-state index contributed by atoms with van der Waals surface area (Å²) in [4.78, 5) is 23.0. The summed E-state index contributed by atoms with van der Waals surface area (Å²) in [5, 5.41) is 5.63. The second kappa shape index (κ2) is 7.26. The lowest BCUT2D eigenvalue weighted by atomic mass is 10.1. The lowest BCUT2D eigenvalue weighted by molar-refractivity contribution is 0.1000. The minimum Gasteiger partial charge on any atom is -0.366 e. The molecule has 0 aromatic heterocycles. The number of hydrogen-bond acceptors (Lipinski definition) is 2. The van der Waals surface area contributed by atoms with Crippen LogP contribution in [0.1, 0.15) is 34.5 Å². The molecule has 0 saturated carbocycles. The number of urea groups is 1. The number of nitrogens with one attached hydrogen (secondary N) is 2. The lowest BCUT2D eigenvalue weighted by Gasteiger charge is -2.15. The van der Waals surface area contributed by atoms with E-state index in [4.69, 9.17) is 5.73 Å². The molecule has 0 saturated heterocycles. The van der Waals surface area contributed by atoms with E-state index in [2.05, 4.69) is 10.6 Å². The molecule has 3 amide bonds. The summed E-state index contributed by atoms with van der Waals surface area (Å²) in [7, 11) is 0. The summed E-state index contributed by atoms with van der Waals surface area (Å²) in [6.07, 6.45) is 0. The van der Waals surface area contributed by atoms with Gasteiger partial charge in [0.15, 0.2) is 0 Å². The van der Waals surface area contributed by atoms with Gasteiger partial charge < -0.3 is 16.4 Å². The van der Waals surface area contributed by atoms with Gasteiger partial charge in [0.05, 0.1) is 6.04 Å². The van der Waals surface area contributed by atoms with Crippen LogP contribution < -0.4 is 16.4 Å². The fourth-order valence-electron chi connectivity index (χ4n) is 2.09. The molecule has 0 aliphatic rings. The van der Waals surface area contributed by atoms with Gasteiger partial charge in [-0.1, -0.05) is 42.5 Å². The van der Waals surface area contributed by atoms with Crippen molar-refractivity contribution in [1.82, 2.24) is 10.6 Å². The first-order valence-electron chi connectivity index (χ1n) is 7.04. The molecule has 22 heavy (non-hydrogen) atoms. The molecule has 0 spiro atoms. The third-order valence-electron chi connectivity index (χ3n) is 3.31. The third kappa shape index (κ3) is 4.34. The van der Waals surface area contributed by atoms with Gasteiger partial charge in [-0.25, -0.2) is 4.79 Å². The van der Waals surface area contributed by atoms with Gasteiger partial charge in [0.25, 0.3) is 0 Å². The van der Waals surface area contributed by atoms with E-state index in [0.717, 1.165) is 11.1 Å². The van der Waals surface area contributed by atoms with Gasteiger partial charge in [-0.05, 0) is 30.2 Å². The Morgan fingerprint density at radius 1 is 1.09 bits per heavy atom. The van der Waals surface area contributed by atoms with Crippen molar-refractivity contribution in [2.45, 2.75) is 19.5 Å². The molecule has 5 nitrogen and oxygen atoms in total. The zero-order valence-electron chi connectivity index (χ0n) is 12.4. The van der Waals surface area contributed by atoms with Gasteiger partial charge in [0, 0.05) is 12.1 Å². The minimum atomic E-state index is -0.482. The topological polar surface area (TPSA) is 84.2 Å². The number of carbonyl (C=O) groups is 2. The zero-order valence-corrected chi connectivity index (χ0v) is 12.4. The Morgan fingerprint density at radius 3 is 2.50 bits per heavy atom. The number of rotatable bonds is 5. The standard InChI is InChI=1S/C17H19N3O2/c1-12(14-7-3-2-4-8-14)20-17(22)19-11-13-6-5-9-15(10-13)16(18)21/h2-10,12H,11H2,1H3,(H2,18,21)(H2,19,20,22)/t12-/m0/s1. The number of carbonyl (C=O) groups excluding carboxylic acids is 2. The van der Waals surface area contributed by atoms with E-state index in [-0.39, 0.29) is 12.1 Å². The van der Waals surface area contributed by atoms with Crippen LogP contribution in [0, 0.1) is 0 Å². The summed E-state index contributed by atoms with van der Waals surface area (Å²) in [5.41, 5.74) is 7.51. The molecule has 0 aliphatic heterocycles. The van der Waals surface area contributed by atoms with Crippen LogP contribution in [-0.4, -0.2) is 11.9 Å². The first kappa shape index (κ1) is 15.6. The zero-order chi connectivity index (χ0) is 15.9. The highest BCUT2D eigenvalue weighted by molar-refractivity contribution is 5.92.